The van der Waals surface area contributed by atoms with Crippen LogP contribution in [0.25, 0.3) is 0 Å². The van der Waals surface area contributed by atoms with Crippen LogP contribution in [0.2, 0.25) is 0 Å². The number of hydrogen-bond donors (Lipinski definition) is 1. The van der Waals surface area contributed by atoms with Gasteiger partial charge >= 0.3 is 0 Å². The number of ether oxygens (including phenoxy) is 1. The van der Waals surface area contributed by atoms with Crippen molar-refractivity contribution in [2.75, 3.05) is 0 Å². The molecule has 2 rings (SSSR count). The van der Waals surface area contributed by atoms with E-state index in [1.807, 2.05) is 0 Å². The first-order valence-corrected chi connectivity index (χ1v) is 6.66. The highest BCUT2D eigenvalue weighted by Crippen LogP contribution is 2.30. The molecule has 0 aromatic heterocycles. The fraction of sp³-hybridized carbons (Fsp3) is 0.143. The van der Waals surface area contributed by atoms with Crippen LogP contribution in [0.3, 0.4) is 0 Å². The molecule has 0 heterocycles. The maximum Gasteiger partial charge on any atom is 0.276 e. The molecule has 0 aliphatic heterocycles. The lowest BCUT2D eigenvalue weighted by Crippen LogP contribution is -2.02. The highest BCUT2D eigenvalue weighted by molar-refractivity contribution is 9.10. The Morgan fingerprint density at radius 3 is 2.55 bits per heavy atom. The third-order valence-electron chi connectivity index (χ3n) is 2.78. The summed E-state index contributed by atoms with van der Waals surface area (Å²) in [5, 5.41) is 20.2. The zero-order chi connectivity index (χ0) is 14.5. The number of nitrogens with zero attached hydrogens (tertiary/aromatic N) is 1. The Balaban J connectivity index is 2.24. The lowest BCUT2D eigenvalue weighted by atomic mass is 10.2. The number of nitro benzene ring substituents is 1. The maximum absolute atomic E-state index is 10.9. The van der Waals surface area contributed by atoms with Gasteiger partial charge in [0.25, 0.3) is 5.69 Å². The lowest BCUT2D eigenvalue weighted by Gasteiger charge is -2.12. The summed E-state index contributed by atoms with van der Waals surface area (Å²) < 4.78 is 6.32. The average molecular weight is 338 g/mol. The number of aliphatic hydroxyl groups is 1. The quantitative estimate of drug-likeness (QED) is 0.670. The minimum Gasteiger partial charge on any atom is -0.487 e. The van der Waals surface area contributed by atoms with E-state index in [0.717, 1.165) is 0 Å². The second-order valence-electron chi connectivity index (χ2n) is 4.06. The van der Waals surface area contributed by atoms with Crippen LogP contribution < -0.4 is 4.74 Å². The molecule has 20 heavy (non-hydrogen) atoms. The van der Waals surface area contributed by atoms with Crippen molar-refractivity contribution < 1.29 is 14.8 Å². The van der Waals surface area contributed by atoms with Gasteiger partial charge in [-0.1, -0.05) is 24.3 Å². The van der Waals surface area contributed by atoms with Crippen molar-refractivity contribution in [1.82, 2.24) is 0 Å². The molecule has 0 unspecified atom stereocenters. The molecule has 0 atom stereocenters. The van der Waals surface area contributed by atoms with Crippen LogP contribution in [-0.4, -0.2) is 10.0 Å². The van der Waals surface area contributed by atoms with Gasteiger partial charge < -0.3 is 9.84 Å². The highest BCUT2D eigenvalue weighted by atomic mass is 79.9. The highest BCUT2D eigenvalue weighted by Gasteiger charge is 2.14. The topological polar surface area (TPSA) is 72.6 Å². The molecular formula is C14H12BrNO4. The molecule has 0 spiro atoms. The Morgan fingerprint density at radius 2 is 1.85 bits per heavy atom. The molecule has 0 fully saturated rings. The van der Waals surface area contributed by atoms with Gasteiger partial charge in [-0.3, -0.25) is 10.1 Å². The van der Waals surface area contributed by atoms with Gasteiger partial charge in [-0.25, -0.2) is 0 Å². The molecular weight excluding hydrogens is 326 g/mol. The van der Waals surface area contributed by atoms with Crippen LogP contribution in [0, 0.1) is 10.1 Å². The van der Waals surface area contributed by atoms with Crippen LogP contribution in [-0.2, 0) is 13.2 Å². The number of para-hydroxylation sites is 2. The smallest absolute Gasteiger partial charge is 0.276 e. The summed E-state index contributed by atoms with van der Waals surface area (Å²) in [5.41, 5.74) is 1.13. The van der Waals surface area contributed by atoms with Gasteiger partial charge in [-0.05, 0) is 28.1 Å². The zero-order valence-electron chi connectivity index (χ0n) is 10.5. The van der Waals surface area contributed by atoms with E-state index in [9.17, 15) is 15.2 Å². The Morgan fingerprint density at radius 1 is 1.15 bits per heavy atom. The van der Waals surface area contributed by atoms with Gasteiger partial charge in [0, 0.05) is 11.6 Å². The summed E-state index contributed by atoms with van der Waals surface area (Å²) >= 11 is 3.34. The van der Waals surface area contributed by atoms with E-state index in [1.54, 1.807) is 36.4 Å². The molecule has 6 heteroatoms. The molecule has 5 nitrogen and oxygen atoms in total. The number of aliphatic hydroxyl groups excluding tert-OH is 1. The SMILES string of the molecule is O=[N+]([O-])c1ccccc1COc1c(Br)cccc1CO. The van der Waals surface area contributed by atoms with Crippen molar-refractivity contribution >= 4 is 21.6 Å². The first kappa shape index (κ1) is 14.5. The first-order valence-electron chi connectivity index (χ1n) is 5.87. The Labute approximate surface area is 124 Å². The molecule has 0 bridgehead atoms. The number of halogens is 1. The fourth-order valence-corrected chi connectivity index (χ4v) is 2.32. The predicted octanol–water partition coefficient (Wildman–Crippen LogP) is 3.43. The minimum absolute atomic E-state index is 0.0186. The molecule has 0 radical (unpaired) electrons. The first-order chi connectivity index (χ1) is 9.63. The summed E-state index contributed by atoms with van der Waals surface area (Å²) in [7, 11) is 0. The number of hydrogen-bond acceptors (Lipinski definition) is 4. The standard InChI is InChI=1S/C14H12BrNO4/c15-12-6-3-5-10(8-17)14(12)20-9-11-4-1-2-7-13(11)16(18)19/h1-7,17H,8-9H2. The monoisotopic (exact) mass is 337 g/mol. The van der Waals surface area contributed by atoms with Crippen LogP contribution in [0.5, 0.6) is 5.75 Å². The summed E-state index contributed by atoms with van der Waals surface area (Å²) in [6, 6.07) is 11.7. The molecule has 0 aliphatic rings. The van der Waals surface area contributed by atoms with Gasteiger partial charge in [-0.2, -0.15) is 0 Å². The van der Waals surface area contributed by atoms with Gasteiger partial charge in [-0.15, -0.1) is 0 Å². The summed E-state index contributed by atoms with van der Waals surface area (Å²) in [5.74, 6) is 0.494. The summed E-state index contributed by atoms with van der Waals surface area (Å²) in [6.07, 6.45) is 0. The zero-order valence-corrected chi connectivity index (χ0v) is 12.0. The van der Waals surface area contributed by atoms with Gasteiger partial charge in [0.2, 0.25) is 0 Å². The maximum atomic E-state index is 10.9. The van der Waals surface area contributed by atoms with E-state index < -0.39 is 4.92 Å². The van der Waals surface area contributed by atoms with E-state index >= 15 is 0 Å². The van der Waals surface area contributed by atoms with Gasteiger partial charge in [0.05, 0.1) is 21.6 Å². The minimum atomic E-state index is -0.439. The van der Waals surface area contributed by atoms with Gasteiger partial charge in [0.1, 0.15) is 12.4 Å². The number of benzene rings is 2. The fourth-order valence-electron chi connectivity index (χ4n) is 1.80. The molecule has 2 aromatic carbocycles. The van der Waals surface area contributed by atoms with Crippen molar-refractivity contribution in [3.05, 3.63) is 68.2 Å². The second kappa shape index (κ2) is 6.49. The Bertz CT molecular complexity index is 630. The lowest BCUT2D eigenvalue weighted by molar-refractivity contribution is -0.385. The predicted molar refractivity (Wildman–Crippen MR) is 77.5 cm³/mol. The largest absolute Gasteiger partial charge is 0.487 e. The summed E-state index contributed by atoms with van der Waals surface area (Å²) in [6.45, 7) is -0.0988. The van der Waals surface area contributed by atoms with Crippen molar-refractivity contribution in [3.8, 4) is 5.75 Å². The Hall–Kier alpha value is -1.92. The molecule has 0 saturated carbocycles. The van der Waals surface area contributed by atoms with Crippen LogP contribution >= 0.6 is 15.9 Å². The molecule has 104 valence electrons. The van der Waals surface area contributed by atoms with Crippen molar-refractivity contribution in [1.29, 1.82) is 0 Å². The second-order valence-corrected chi connectivity index (χ2v) is 4.92. The van der Waals surface area contributed by atoms with Gasteiger partial charge in [0.15, 0.2) is 0 Å². The normalized spacial score (nSPS) is 10.3. The average Bonchev–Trinajstić information content (AvgIpc) is 2.46. The van der Waals surface area contributed by atoms with Crippen LogP contribution in [0.15, 0.2) is 46.9 Å². The van der Waals surface area contributed by atoms with E-state index in [-0.39, 0.29) is 18.9 Å². The third-order valence-corrected chi connectivity index (χ3v) is 3.40. The van der Waals surface area contributed by atoms with E-state index in [1.165, 1.54) is 6.07 Å². The van der Waals surface area contributed by atoms with E-state index in [4.69, 9.17) is 4.74 Å². The van der Waals surface area contributed by atoms with Crippen molar-refractivity contribution in [2.24, 2.45) is 0 Å². The summed E-state index contributed by atoms with van der Waals surface area (Å²) in [4.78, 5) is 10.5. The van der Waals surface area contributed by atoms with E-state index in [0.29, 0.717) is 21.3 Å². The molecule has 0 saturated heterocycles. The number of rotatable bonds is 5. The molecule has 0 amide bonds. The third kappa shape index (κ3) is 3.15. The van der Waals surface area contributed by atoms with Crippen LogP contribution in [0.4, 0.5) is 5.69 Å². The molecule has 0 aliphatic carbocycles. The Kier molecular flexibility index (Phi) is 4.70. The van der Waals surface area contributed by atoms with E-state index in [2.05, 4.69) is 15.9 Å². The molecule has 2 aromatic rings. The molecule has 1 N–H and O–H groups in total. The number of nitro groups is 1. The van der Waals surface area contributed by atoms with Crippen molar-refractivity contribution in [3.63, 3.8) is 0 Å². The van der Waals surface area contributed by atoms with Crippen LogP contribution in [0.1, 0.15) is 11.1 Å². The van der Waals surface area contributed by atoms with Crippen molar-refractivity contribution in [2.45, 2.75) is 13.2 Å².